The fourth-order valence-corrected chi connectivity index (χ4v) is 4.99. The molecule has 1 atom stereocenters. The molecule has 0 heterocycles. The van der Waals surface area contributed by atoms with Gasteiger partial charge in [-0.1, -0.05) is 141 Å². The lowest BCUT2D eigenvalue weighted by molar-refractivity contribution is -0.140. The molecule has 0 fully saturated rings. The molecule has 0 aliphatic carbocycles. The summed E-state index contributed by atoms with van der Waals surface area (Å²) < 4.78 is 25.0. The second kappa shape index (κ2) is 21.4. The average Bonchev–Trinajstić information content (AvgIpc) is 2.95. The van der Waals surface area contributed by atoms with Gasteiger partial charge in [-0.05, 0) is 54.2 Å². The molecule has 0 spiro atoms. The molecule has 0 aliphatic heterocycles. The largest absolute Gasteiger partial charge is 0.494 e. The number of rotatable bonds is 23. The van der Waals surface area contributed by atoms with Gasteiger partial charge in [0.1, 0.15) is 11.5 Å². The summed E-state index contributed by atoms with van der Waals surface area (Å²) in [5.74, 6) is 0.520. The highest BCUT2D eigenvalue weighted by molar-refractivity contribution is 5.77. The maximum atomic E-state index is 13.9. The predicted octanol–water partition coefficient (Wildman–Crippen LogP) is 11.3. The van der Waals surface area contributed by atoms with Crippen LogP contribution in [0.4, 0.5) is 4.39 Å². The van der Waals surface area contributed by atoms with E-state index in [9.17, 15) is 9.18 Å². The molecule has 2 aromatic carbocycles. The second-order valence-corrected chi connectivity index (χ2v) is 11.7. The van der Waals surface area contributed by atoms with Crippen LogP contribution < -0.4 is 9.47 Å². The molecule has 0 saturated heterocycles. The van der Waals surface area contributed by atoms with Crippen molar-refractivity contribution < 1.29 is 18.7 Å². The summed E-state index contributed by atoms with van der Waals surface area (Å²) in [4.78, 5) is 11.9. The van der Waals surface area contributed by atoms with E-state index in [-0.39, 0.29) is 12.3 Å². The summed E-state index contributed by atoms with van der Waals surface area (Å²) >= 11 is 0. The molecule has 1 unspecified atom stereocenters. The third kappa shape index (κ3) is 15.4. The maximum absolute atomic E-state index is 13.9. The number of hydrogen-bond acceptors (Lipinski definition) is 3. The zero-order chi connectivity index (χ0) is 28.8. The van der Waals surface area contributed by atoms with Crippen molar-refractivity contribution in [1.29, 1.82) is 0 Å². The Morgan fingerprint density at radius 2 is 1.02 bits per heavy atom. The fraction of sp³-hybridized carbons (Fsp3) is 0.639. The summed E-state index contributed by atoms with van der Waals surface area (Å²) in [6.07, 6.45) is 20.5. The van der Waals surface area contributed by atoms with E-state index >= 15 is 0 Å². The molecular weight excluding hydrogens is 499 g/mol. The van der Waals surface area contributed by atoms with Crippen molar-refractivity contribution in [2.45, 2.75) is 136 Å². The molecule has 0 bridgehead atoms. The molecule has 0 aliphatic rings. The first-order chi connectivity index (χ1) is 19.5. The number of hydrogen-bond donors (Lipinski definition) is 0. The van der Waals surface area contributed by atoms with E-state index in [1.165, 1.54) is 96.3 Å². The van der Waals surface area contributed by atoms with Crippen LogP contribution >= 0.6 is 0 Å². The van der Waals surface area contributed by atoms with Gasteiger partial charge in [-0.3, -0.25) is 0 Å². The van der Waals surface area contributed by atoms with E-state index in [1.807, 2.05) is 50.2 Å². The number of esters is 1. The summed E-state index contributed by atoms with van der Waals surface area (Å²) in [5, 5.41) is 0. The normalized spacial score (nSPS) is 12.0. The van der Waals surface area contributed by atoms with Crippen LogP contribution in [0.15, 0.2) is 48.5 Å². The van der Waals surface area contributed by atoms with Crippen molar-refractivity contribution in [2.75, 3.05) is 6.61 Å². The Morgan fingerprint density at radius 3 is 1.45 bits per heavy atom. The lowest BCUT2D eigenvalue weighted by atomic mass is 10.0. The number of carbonyl (C=O) groups is 1. The van der Waals surface area contributed by atoms with Gasteiger partial charge in [-0.15, -0.1) is 0 Å². The Labute approximate surface area is 244 Å². The highest BCUT2D eigenvalue weighted by Crippen LogP contribution is 2.25. The minimum atomic E-state index is -1.59. The Kier molecular flexibility index (Phi) is 18.1. The molecule has 40 heavy (non-hydrogen) atoms. The van der Waals surface area contributed by atoms with Crippen LogP contribution in [0.5, 0.6) is 11.5 Å². The SMILES string of the molecule is CCCCCCCCCCCCCCCCCCOc1ccc(-c2ccc(OC(=O)C(F)CC(C)C)cc2)cc1. The number of carbonyl (C=O) groups excluding carboxylic acids is 1. The van der Waals surface area contributed by atoms with Gasteiger partial charge in [-0.2, -0.15) is 0 Å². The molecule has 2 aromatic rings. The van der Waals surface area contributed by atoms with Crippen LogP contribution in [0.3, 0.4) is 0 Å². The van der Waals surface area contributed by atoms with E-state index in [1.54, 1.807) is 12.1 Å². The van der Waals surface area contributed by atoms with Crippen molar-refractivity contribution in [3.63, 3.8) is 0 Å². The minimum absolute atomic E-state index is 0.103. The van der Waals surface area contributed by atoms with Crippen molar-refractivity contribution in [3.8, 4) is 22.6 Å². The Balaban J connectivity index is 1.49. The summed E-state index contributed by atoms with van der Waals surface area (Å²) in [5.41, 5.74) is 2.05. The Hall–Kier alpha value is -2.36. The lowest BCUT2D eigenvalue weighted by Gasteiger charge is -2.11. The fourth-order valence-electron chi connectivity index (χ4n) is 4.99. The van der Waals surface area contributed by atoms with Crippen LogP contribution in [0.2, 0.25) is 0 Å². The topological polar surface area (TPSA) is 35.5 Å². The van der Waals surface area contributed by atoms with Crippen LogP contribution in [0.1, 0.15) is 130 Å². The van der Waals surface area contributed by atoms with Gasteiger partial charge in [-0.25, -0.2) is 9.18 Å². The zero-order valence-electron chi connectivity index (χ0n) is 25.6. The molecule has 3 nitrogen and oxygen atoms in total. The van der Waals surface area contributed by atoms with Gasteiger partial charge >= 0.3 is 5.97 Å². The van der Waals surface area contributed by atoms with Crippen LogP contribution in [-0.2, 0) is 4.79 Å². The molecule has 0 aromatic heterocycles. The first-order valence-electron chi connectivity index (χ1n) is 16.2. The van der Waals surface area contributed by atoms with Crippen LogP contribution in [0.25, 0.3) is 11.1 Å². The molecule has 0 saturated carbocycles. The van der Waals surface area contributed by atoms with E-state index in [0.29, 0.717) is 5.75 Å². The second-order valence-electron chi connectivity index (χ2n) is 11.7. The monoisotopic (exact) mass is 554 g/mol. The number of halogens is 1. The number of ether oxygens (including phenoxy) is 2. The molecule has 0 radical (unpaired) electrons. The van der Waals surface area contributed by atoms with Crippen molar-refractivity contribution >= 4 is 5.97 Å². The summed E-state index contributed by atoms with van der Waals surface area (Å²) in [7, 11) is 0. The van der Waals surface area contributed by atoms with E-state index in [2.05, 4.69) is 6.92 Å². The minimum Gasteiger partial charge on any atom is -0.494 e. The van der Waals surface area contributed by atoms with E-state index < -0.39 is 12.1 Å². The Morgan fingerprint density at radius 1 is 0.625 bits per heavy atom. The lowest BCUT2D eigenvalue weighted by Crippen LogP contribution is -2.23. The summed E-state index contributed by atoms with van der Waals surface area (Å²) in [6, 6.07) is 15.2. The number of benzene rings is 2. The molecule has 2 rings (SSSR count). The van der Waals surface area contributed by atoms with Crippen LogP contribution in [-0.4, -0.2) is 18.7 Å². The van der Waals surface area contributed by atoms with Crippen molar-refractivity contribution in [1.82, 2.24) is 0 Å². The third-order valence-electron chi connectivity index (χ3n) is 7.46. The van der Waals surface area contributed by atoms with Gasteiger partial charge in [0.05, 0.1) is 6.61 Å². The van der Waals surface area contributed by atoms with Crippen LogP contribution in [0, 0.1) is 5.92 Å². The first-order valence-corrected chi connectivity index (χ1v) is 16.2. The molecule has 224 valence electrons. The third-order valence-corrected chi connectivity index (χ3v) is 7.46. The van der Waals surface area contributed by atoms with Crippen molar-refractivity contribution in [3.05, 3.63) is 48.5 Å². The van der Waals surface area contributed by atoms with E-state index in [4.69, 9.17) is 9.47 Å². The molecule has 0 N–H and O–H groups in total. The number of alkyl halides is 1. The van der Waals surface area contributed by atoms with Gasteiger partial charge in [0.25, 0.3) is 0 Å². The van der Waals surface area contributed by atoms with Crippen molar-refractivity contribution in [2.24, 2.45) is 5.92 Å². The molecule has 4 heteroatoms. The quantitative estimate of drug-likeness (QED) is 0.0778. The van der Waals surface area contributed by atoms with Gasteiger partial charge in [0, 0.05) is 0 Å². The first kappa shape index (κ1) is 33.8. The zero-order valence-corrected chi connectivity index (χ0v) is 25.6. The summed E-state index contributed by atoms with van der Waals surface area (Å²) in [6.45, 7) is 6.80. The van der Waals surface area contributed by atoms with Gasteiger partial charge in [0.2, 0.25) is 0 Å². The Bertz CT molecular complexity index is 891. The highest BCUT2D eigenvalue weighted by Gasteiger charge is 2.20. The smallest absolute Gasteiger partial charge is 0.346 e. The predicted molar refractivity (Wildman–Crippen MR) is 167 cm³/mol. The molecule has 0 amide bonds. The van der Waals surface area contributed by atoms with E-state index in [0.717, 1.165) is 29.9 Å². The number of unbranched alkanes of at least 4 members (excludes halogenated alkanes) is 15. The highest BCUT2D eigenvalue weighted by atomic mass is 19.1. The maximum Gasteiger partial charge on any atom is 0.346 e. The van der Waals surface area contributed by atoms with Gasteiger partial charge < -0.3 is 9.47 Å². The standard InChI is InChI=1S/C36H55FO3/c1-4-5-6-7-8-9-10-11-12-13-14-15-16-17-18-19-28-39-33-24-20-31(21-25-33)32-22-26-34(27-23-32)40-36(38)35(37)29-30(2)3/h20-27,30,35H,4-19,28-29H2,1-3H3. The average molecular weight is 555 g/mol. The molecular formula is C36H55FO3. The van der Waals surface area contributed by atoms with Gasteiger partial charge in [0.15, 0.2) is 6.17 Å².